The van der Waals surface area contributed by atoms with E-state index >= 15 is 0 Å². The van der Waals surface area contributed by atoms with Gasteiger partial charge in [-0.3, -0.25) is 5.43 Å². The molecule has 0 amide bonds. The zero-order chi connectivity index (χ0) is 22.6. The van der Waals surface area contributed by atoms with Crippen molar-refractivity contribution >= 4 is 44.4 Å². The summed E-state index contributed by atoms with van der Waals surface area (Å²) >= 11 is 7.33. The van der Waals surface area contributed by atoms with Crippen LogP contribution in [0.2, 0.25) is 5.02 Å². The number of rotatable bonds is 7. The van der Waals surface area contributed by atoms with Gasteiger partial charge in [0.2, 0.25) is 5.13 Å². The van der Waals surface area contributed by atoms with Gasteiger partial charge in [0, 0.05) is 21.5 Å². The van der Waals surface area contributed by atoms with Crippen molar-refractivity contribution in [3.63, 3.8) is 0 Å². The Bertz CT molecular complexity index is 1350. The highest BCUT2D eigenvalue weighted by molar-refractivity contribution is 7.87. The minimum Gasteiger partial charge on any atom is -0.378 e. The average Bonchev–Trinajstić information content (AvgIpc) is 3.24. The molecule has 1 N–H and O–H groups in total. The summed E-state index contributed by atoms with van der Waals surface area (Å²) in [5.41, 5.74) is 6.09. The van der Waals surface area contributed by atoms with Crippen molar-refractivity contribution in [3.05, 3.63) is 94.3 Å². The number of hydrogen-bond donors (Lipinski definition) is 1. The molecule has 32 heavy (non-hydrogen) atoms. The van der Waals surface area contributed by atoms with E-state index in [4.69, 9.17) is 15.8 Å². The predicted molar refractivity (Wildman–Crippen MR) is 129 cm³/mol. The monoisotopic (exact) mass is 483 g/mol. The van der Waals surface area contributed by atoms with Crippen molar-refractivity contribution in [2.75, 3.05) is 5.43 Å². The van der Waals surface area contributed by atoms with Crippen LogP contribution in [0.3, 0.4) is 0 Å². The Hall–Kier alpha value is -3.20. The number of nitrogens with one attached hydrogen (secondary N) is 1. The lowest BCUT2D eigenvalue weighted by molar-refractivity contribution is 0.485. The van der Waals surface area contributed by atoms with Crippen molar-refractivity contribution in [3.8, 4) is 17.0 Å². The minimum atomic E-state index is -3.96. The molecule has 0 spiro atoms. The van der Waals surface area contributed by atoms with Crippen molar-refractivity contribution < 1.29 is 12.6 Å². The lowest BCUT2D eigenvalue weighted by Gasteiger charge is -2.09. The molecule has 4 aromatic rings. The molecule has 0 saturated heterocycles. The number of hydrazone groups is 1. The molecule has 1 heterocycles. The largest absolute Gasteiger partial charge is 0.378 e. The van der Waals surface area contributed by atoms with Gasteiger partial charge in [0.15, 0.2) is 5.75 Å². The summed E-state index contributed by atoms with van der Waals surface area (Å²) < 4.78 is 30.6. The maximum Gasteiger partial charge on any atom is 0.339 e. The van der Waals surface area contributed by atoms with Crippen molar-refractivity contribution in [1.82, 2.24) is 4.98 Å². The molecule has 0 unspecified atom stereocenters. The number of thiazole rings is 1. The Labute approximate surface area is 195 Å². The molecule has 3 aromatic carbocycles. The Morgan fingerprint density at radius 2 is 1.75 bits per heavy atom. The third kappa shape index (κ3) is 5.34. The molecule has 0 bridgehead atoms. The SMILES string of the molecule is Cc1ccc(S(=O)(=O)Oc2ccccc2/C=N\Nc2nc(-c3ccc(Cl)cc3)cs2)cc1. The van der Waals surface area contributed by atoms with E-state index in [-0.39, 0.29) is 10.6 Å². The summed E-state index contributed by atoms with van der Waals surface area (Å²) in [6, 6.07) is 20.7. The van der Waals surface area contributed by atoms with Crippen LogP contribution in [0.5, 0.6) is 5.75 Å². The Balaban J connectivity index is 1.47. The standard InChI is InChI=1S/C23H18ClN3O3S2/c1-16-6-12-20(13-7-16)32(28,29)30-22-5-3-2-4-18(22)14-25-27-23-26-21(15-31-23)17-8-10-19(24)11-9-17/h2-15H,1H3,(H,26,27)/b25-14-. The van der Waals surface area contributed by atoms with Crippen LogP contribution in [-0.2, 0) is 10.1 Å². The van der Waals surface area contributed by atoms with Crippen molar-refractivity contribution in [1.29, 1.82) is 0 Å². The number of anilines is 1. The molecule has 0 radical (unpaired) electrons. The minimum absolute atomic E-state index is 0.0884. The van der Waals surface area contributed by atoms with Crippen LogP contribution in [0.4, 0.5) is 5.13 Å². The van der Waals surface area contributed by atoms with Gasteiger partial charge in [-0.05, 0) is 43.3 Å². The highest BCUT2D eigenvalue weighted by Crippen LogP contribution is 2.26. The molecule has 0 atom stereocenters. The normalized spacial score (nSPS) is 11.6. The highest BCUT2D eigenvalue weighted by atomic mass is 35.5. The molecule has 0 aliphatic rings. The van der Waals surface area contributed by atoms with Crippen LogP contribution in [0, 0.1) is 6.92 Å². The summed E-state index contributed by atoms with van der Waals surface area (Å²) in [6.07, 6.45) is 1.49. The van der Waals surface area contributed by atoms with Crippen LogP contribution >= 0.6 is 22.9 Å². The molecule has 9 heteroatoms. The molecule has 162 valence electrons. The quantitative estimate of drug-likeness (QED) is 0.198. The van der Waals surface area contributed by atoms with E-state index in [1.54, 1.807) is 36.4 Å². The summed E-state index contributed by atoms with van der Waals surface area (Å²) in [7, 11) is -3.96. The number of nitrogens with zero attached hydrogens (tertiary/aromatic N) is 2. The first-order chi connectivity index (χ1) is 15.4. The third-order valence-electron chi connectivity index (χ3n) is 4.44. The second kappa shape index (κ2) is 9.52. The zero-order valence-electron chi connectivity index (χ0n) is 16.9. The molecular formula is C23H18ClN3O3S2. The molecule has 0 aliphatic carbocycles. The van der Waals surface area contributed by atoms with E-state index in [0.29, 0.717) is 15.7 Å². The van der Waals surface area contributed by atoms with E-state index in [1.807, 2.05) is 36.6 Å². The fourth-order valence-electron chi connectivity index (χ4n) is 2.77. The van der Waals surface area contributed by atoms with Crippen LogP contribution < -0.4 is 9.61 Å². The Kier molecular flexibility index (Phi) is 6.55. The summed E-state index contributed by atoms with van der Waals surface area (Å²) in [5.74, 6) is 0.180. The van der Waals surface area contributed by atoms with Crippen molar-refractivity contribution in [2.45, 2.75) is 11.8 Å². The lowest BCUT2D eigenvalue weighted by Crippen LogP contribution is -2.11. The summed E-state index contributed by atoms with van der Waals surface area (Å²) in [6.45, 7) is 1.89. The molecule has 0 aliphatic heterocycles. The van der Waals surface area contributed by atoms with E-state index < -0.39 is 10.1 Å². The Morgan fingerprint density at radius 1 is 1.03 bits per heavy atom. The second-order valence-electron chi connectivity index (χ2n) is 6.80. The number of halogens is 1. The van der Waals surface area contributed by atoms with Crippen LogP contribution in [0.25, 0.3) is 11.3 Å². The van der Waals surface area contributed by atoms with Gasteiger partial charge < -0.3 is 4.18 Å². The predicted octanol–water partition coefficient (Wildman–Crippen LogP) is 5.99. The first-order valence-electron chi connectivity index (χ1n) is 9.51. The van der Waals surface area contributed by atoms with Gasteiger partial charge >= 0.3 is 10.1 Å². The number of para-hydroxylation sites is 1. The molecule has 4 rings (SSSR count). The molecule has 0 saturated carbocycles. The van der Waals surface area contributed by atoms with Gasteiger partial charge in [-0.25, -0.2) is 4.98 Å². The van der Waals surface area contributed by atoms with Gasteiger partial charge in [0.05, 0.1) is 11.9 Å². The second-order valence-corrected chi connectivity index (χ2v) is 9.64. The van der Waals surface area contributed by atoms with E-state index in [9.17, 15) is 8.42 Å². The smallest absolute Gasteiger partial charge is 0.339 e. The maximum atomic E-state index is 12.6. The van der Waals surface area contributed by atoms with Gasteiger partial charge in [-0.2, -0.15) is 13.5 Å². The van der Waals surface area contributed by atoms with Crippen LogP contribution in [0.1, 0.15) is 11.1 Å². The molecular weight excluding hydrogens is 466 g/mol. The number of aromatic nitrogens is 1. The van der Waals surface area contributed by atoms with Crippen LogP contribution in [-0.4, -0.2) is 19.6 Å². The van der Waals surface area contributed by atoms with Gasteiger partial charge in [-0.1, -0.05) is 53.6 Å². The Morgan fingerprint density at radius 3 is 2.50 bits per heavy atom. The van der Waals surface area contributed by atoms with E-state index in [0.717, 1.165) is 16.8 Å². The molecule has 1 aromatic heterocycles. The van der Waals surface area contributed by atoms with Gasteiger partial charge in [-0.15, -0.1) is 11.3 Å². The number of aryl methyl sites for hydroxylation is 1. The highest BCUT2D eigenvalue weighted by Gasteiger charge is 2.17. The summed E-state index contributed by atoms with van der Waals surface area (Å²) in [5, 5.41) is 7.35. The van der Waals surface area contributed by atoms with Crippen molar-refractivity contribution in [2.24, 2.45) is 5.10 Å². The van der Waals surface area contributed by atoms with E-state index in [1.165, 1.54) is 29.7 Å². The molecule has 0 fully saturated rings. The fraction of sp³-hybridized carbons (Fsp3) is 0.0435. The third-order valence-corrected chi connectivity index (χ3v) is 6.68. The molecule has 6 nitrogen and oxygen atoms in total. The number of benzene rings is 3. The van der Waals surface area contributed by atoms with Gasteiger partial charge in [0.1, 0.15) is 4.90 Å². The first kappa shape index (κ1) is 22.0. The average molecular weight is 484 g/mol. The maximum absolute atomic E-state index is 12.6. The first-order valence-corrected chi connectivity index (χ1v) is 12.2. The topological polar surface area (TPSA) is 80.7 Å². The summed E-state index contributed by atoms with van der Waals surface area (Å²) in [4.78, 5) is 4.58. The van der Waals surface area contributed by atoms with E-state index in [2.05, 4.69) is 15.5 Å². The van der Waals surface area contributed by atoms with Gasteiger partial charge in [0.25, 0.3) is 0 Å². The lowest BCUT2D eigenvalue weighted by atomic mass is 10.2. The zero-order valence-corrected chi connectivity index (χ0v) is 19.3. The number of hydrogen-bond acceptors (Lipinski definition) is 7. The fourth-order valence-corrected chi connectivity index (χ4v) is 4.52. The van der Waals surface area contributed by atoms with Crippen LogP contribution in [0.15, 0.2) is 88.2 Å².